The number of hydrogen-bond donors (Lipinski definition) is 3. The normalized spacial score (nSPS) is 10.5. The topological polar surface area (TPSA) is 58.5 Å². The van der Waals surface area contributed by atoms with Gasteiger partial charge in [-0.3, -0.25) is 10.9 Å². The van der Waals surface area contributed by atoms with E-state index in [0.717, 1.165) is 16.6 Å². The molecule has 0 saturated heterocycles. The number of halogens is 1. The van der Waals surface area contributed by atoms with Crippen molar-refractivity contribution in [3.05, 3.63) is 65.4 Å². The predicted molar refractivity (Wildman–Crippen MR) is 115 cm³/mol. The quantitative estimate of drug-likeness (QED) is 0.387. The Balaban J connectivity index is 1.65. The lowest BCUT2D eigenvalue weighted by molar-refractivity contribution is 0.338. The molecule has 0 saturated carbocycles. The number of benzene rings is 2. The first-order valence-corrected chi connectivity index (χ1v) is 9.21. The molecule has 140 valence electrons. The van der Waals surface area contributed by atoms with Crippen LogP contribution >= 0.6 is 23.8 Å². The summed E-state index contributed by atoms with van der Waals surface area (Å²) in [5.74, 6) is 1.29. The van der Waals surface area contributed by atoms with Gasteiger partial charge in [0.15, 0.2) is 22.2 Å². The van der Waals surface area contributed by atoms with Crippen LogP contribution in [0, 0.1) is 6.92 Å². The summed E-state index contributed by atoms with van der Waals surface area (Å²) in [5, 5.41) is 5.09. The highest BCUT2D eigenvalue weighted by Crippen LogP contribution is 2.30. The Morgan fingerprint density at radius 2 is 2.00 bits per heavy atom. The van der Waals surface area contributed by atoms with E-state index in [2.05, 4.69) is 22.7 Å². The van der Waals surface area contributed by atoms with Crippen molar-refractivity contribution in [2.75, 3.05) is 11.9 Å². The van der Waals surface area contributed by atoms with E-state index in [-0.39, 0.29) is 0 Å². The first kappa shape index (κ1) is 19.1. The molecule has 3 rings (SSSR count). The molecule has 0 aliphatic carbocycles. The summed E-state index contributed by atoms with van der Waals surface area (Å²) in [5.41, 5.74) is 8.83. The molecule has 1 aromatic heterocycles. The number of hydrazine groups is 1. The monoisotopic (exact) mass is 401 g/mol. The lowest BCUT2D eigenvalue weighted by Gasteiger charge is -2.14. The van der Waals surface area contributed by atoms with Crippen molar-refractivity contribution < 1.29 is 9.15 Å². The molecule has 0 aliphatic heterocycles. The van der Waals surface area contributed by atoms with E-state index in [9.17, 15) is 0 Å². The van der Waals surface area contributed by atoms with Gasteiger partial charge in [0.25, 0.3) is 0 Å². The van der Waals surface area contributed by atoms with Gasteiger partial charge in [0, 0.05) is 16.1 Å². The maximum absolute atomic E-state index is 6.12. The minimum Gasteiger partial charge on any atom is -0.490 e. The van der Waals surface area contributed by atoms with E-state index in [0.29, 0.717) is 39.5 Å². The number of hydrogen-bond acceptors (Lipinski definition) is 4. The predicted octanol–water partition coefficient (Wildman–Crippen LogP) is 5.26. The molecule has 0 bridgehead atoms. The molecule has 0 amide bonds. The second-order valence-corrected chi connectivity index (χ2v) is 6.63. The van der Waals surface area contributed by atoms with Crippen LogP contribution in [-0.2, 0) is 0 Å². The number of rotatable bonds is 6. The number of anilines is 1. The van der Waals surface area contributed by atoms with E-state index >= 15 is 0 Å². The number of ether oxygens (including phenoxy) is 1. The average Bonchev–Trinajstić information content (AvgIpc) is 3.09. The zero-order valence-corrected chi connectivity index (χ0v) is 16.6. The van der Waals surface area contributed by atoms with Gasteiger partial charge >= 0.3 is 0 Å². The van der Waals surface area contributed by atoms with Gasteiger partial charge in [-0.1, -0.05) is 36.4 Å². The molecule has 7 heteroatoms. The average molecular weight is 402 g/mol. The maximum Gasteiger partial charge on any atom is 0.189 e. The minimum atomic E-state index is 0.382. The number of nitrogens with one attached hydrogen (secondary N) is 3. The second-order valence-electron chi connectivity index (χ2n) is 5.81. The Morgan fingerprint density at radius 1 is 1.22 bits per heavy atom. The van der Waals surface area contributed by atoms with E-state index in [1.807, 2.05) is 56.3 Å². The van der Waals surface area contributed by atoms with E-state index in [1.165, 1.54) is 0 Å². The summed E-state index contributed by atoms with van der Waals surface area (Å²) in [4.78, 5) is 0. The van der Waals surface area contributed by atoms with Gasteiger partial charge in [0.2, 0.25) is 0 Å². The molecule has 27 heavy (non-hydrogen) atoms. The molecule has 0 atom stereocenters. The zero-order chi connectivity index (χ0) is 19.4. The summed E-state index contributed by atoms with van der Waals surface area (Å²) < 4.78 is 11.5. The molecule has 3 N–H and O–H groups in total. The van der Waals surface area contributed by atoms with Crippen molar-refractivity contribution >= 4 is 51.3 Å². The van der Waals surface area contributed by atoms with Crippen LogP contribution in [0.4, 0.5) is 5.69 Å². The van der Waals surface area contributed by atoms with Crippen LogP contribution in [0.1, 0.15) is 18.2 Å². The van der Waals surface area contributed by atoms with Crippen LogP contribution in [0.2, 0.25) is 5.02 Å². The van der Waals surface area contributed by atoms with Crippen molar-refractivity contribution in [2.24, 2.45) is 0 Å². The number of para-hydroxylation sites is 1. The summed E-state index contributed by atoms with van der Waals surface area (Å²) in [6, 6.07) is 13.2. The smallest absolute Gasteiger partial charge is 0.189 e. The van der Waals surface area contributed by atoms with Crippen LogP contribution in [0.5, 0.6) is 5.75 Å². The van der Waals surface area contributed by atoms with Crippen LogP contribution < -0.4 is 20.9 Å². The highest BCUT2D eigenvalue weighted by molar-refractivity contribution is 7.80. The number of furan rings is 1. The van der Waals surface area contributed by atoms with Crippen molar-refractivity contribution in [1.29, 1.82) is 0 Å². The minimum absolute atomic E-state index is 0.382. The highest BCUT2D eigenvalue weighted by atomic mass is 35.5. The number of thiocarbonyl (C=S) groups is 1. The third kappa shape index (κ3) is 4.35. The Morgan fingerprint density at radius 3 is 2.78 bits per heavy atom. The molecule has 0 unspecified atom stereocenters. The van der Waals surface area contributed by atoms with Crippen LogP contribution in [-0.4, -0.2) is 11.7 Å². The molecular weight excluding hydrogens is 382 g/mol. The fourth-order valence-corrected chi connectivity index (χ4v) is 2.88. The van der Waals surface area contributed by atoms with Gasteiger partial charge in [-0.25, -0.2) is 0 Å². The molecule has 0 spiro atoms. The lowest BCUT2D eigenvalue weighted by Crippen LogP contribution is -2.38. The first-order chi connectivity index (χ1) is 13.0. The van der Waals surface area contributed by atoms with Gasteiger partial charge in [-0.2, -0.15) is 0 Å². The van der Waals surface area contributed by atoms with E-state index in [1.54, 1.807) is 0 Å². The van der Waals surface area contributed by atoms with Crippen LogP contribution in [0.25, 0.3) is 16.7 Å². The van der Waals surface area contributed by atoms with E-state index in [4.69, 9.17) is 33.0 Å². The zero-order valence-electron chi connectivity index (χ0n) is 15.1. The third-order valence-corrected chi connectivity index (χ3v) is 4.56. The molecule has 5 nitrogen and oxygen atoms in total. The van der Waals surface area contributed by atoms with Gasteiger partial charge < -0.3 is 14.5 Å². The molecule has 0 radical (unpaired) electrons. The fraction of sp³-hybridized carbons (Fsp3) is 0.150. The molecular formula is C20H20ClN3O2S. The van der Waals surface area contributed by atoms with Crippen molar-refractivity contribution in [2.45, 2.75) is 13.8 Å². The summed E-state index contributed by atoms with van der Waals surface area (Å²) >= 11 is 11.4. The molecule has 0 fully saturated rings. The first-order valence-electron chi connectivity index (χ1n) is 8.42. The third-order valence-electron chi connectivity index (χ3n) is 3.95. The summed E-state index contributed by atoms with van der Waals surface area (Å²) in [6.07, 6.45) is 0. The highest BCUT2D eigenvalue weighted by Gasteiger charge is 2.11. The molecule has 1 heterocycles. The second kappa shape index (κ2) is 8.33. The van der Waals surface area contributed by atoms with Crippen molar-refractivity contribution in [3.63, 3.8) is 0 Å². The summed E-state index contributed by atoms with van der Waals surface area (Å²) in [6.45, 7) is 8.41. The fourth-order valence-electron chi connectivity index (χ4n) is 2.54. The maximum atomic E-state index is 6.12. The van der Waals surface area contributed by atoms with Gasteiger partial charge in [-0.05, 0) is 55.9 Å². The Hall–Kier alpha value is -2.70. The Bertz CT molecular complexity index is 1000. The Kier molecular flexibility index (Phi) is 5.88. The van der Waals surface area contributed by atoms with Gasteiger partial charge in [0.1, 0.15) is 0 Å². The van der Waals surface area contributed by atoms with Gasteiger partial charge in [0.05, 0.1) is 12.3 Å². The molecule has 3 aromatic rings. The molecule has 2 aromatic carbocycles. The van der Waals surface area contributed by atoms with Crippen molar-refractivity contribution in [3.8, 4) is 5.75 Å². The number of fused-ring (bicyclic) bond motifs is 1. The Labute approximate surface area is 168 Å². The largest absolute Gasteiger partial charge is 0.490 e. The van der Waals surface area contributed by atoms with Crippen LogP contribution in [0.3, 0.4) is 0 Å². The standard InChI is InChI=1S/C20H20ClN3O2S/c1-4-25-17-10-5-7-14-11-18(26-19(14)17)13(3)23-24-20(27)22-16-9-6-8-15(21)12(16)2/h5-11,23H,3-4H2,1-2H3,(H2,22,24,27). The van der Waals surface area contributed by atoms with Crippen molar-refractivity contribution in [1.82, 2.24) is 10.9 Å². The van der Waals surface area contributed by atoms with Gasteiger partial charge in [-0.15, -0.1) is 0 Å². The lowest BCUT2D eigenvalue weighted by atomic mass is 10.2. The van der Waals surface area contributed by atoms with Crippen LogP contribution in [0.15, 0.2) is 53.5 Å². The SMILES string of the molecule is C=C(NNC(=S)Nc1cccc(Cl)c1C)c1cc2cccc(OCC)c2o1. The van der Waals surface area contributed by atoms with E-state index < -0.39 is 0 Å². The summed E-state index contributed by atoms with van der Waals surface area (Å²) in [7, 11) is 0. The molecule has 0 aliphatic rings.